The molecule has 15 heavy (non-hydrogen) atoms. The van der Waals surface area contributed by atoms with Crippen molar-refractivity contribution < 1.29 is 9.53 Å². The monoisotopic (exact) mass is 206 g/mol. The number of aryl methyl sites for hydroxylation is 1. The van der Waals surface area contributed by atoms with Crippen LogP contribution >= 0.6 is 0 Å². The zero-order chi connectivity index (χ0) is 11.4. The topological polar surface area (TPSA) is 78.3 Å². The summed E-state index contributed by atoms with van der Waals surface area (Å²) in [5, 5.41) is 0. The number of carbonyl (C=O) groups excluding carboxylic acids is 1. The summed E-state index contributed by atoms with van der Waals surface area (Å²) in [6.07, 6.45) is 1.20. The van der Waals surface area contributed by atoms with Gasteiger partial charge in [0.1, 0.15) is 5.75 Å². The van der Waals surface area contributed by atoms with Gasteiger partial charge in [-0.05, 0) is 24.6 Å². The normalized spacial score (nSPS) is 11.2. The molecule has 0 aliphatic carbocycles. The van der Waals surface area contributed by atoms with Gasteiger partial charge in [0.25, 0.3) is 0 Å². The second-order valence-electron chi connectivity index (χ2n) is 3.18. The highest BCUT2D eigenvalue weighted by Gasteiger charge is 2.04. The molecule has 4 nitrogen and oxygen atoms in total. The van der Waals surface area contributed by atoms with Gasteiger partial charge in [0, 0.05) is 17.3 Å². The number of nitrogens with two attached hydrogens (primary N) is 2. The van der Waals surface area contributed by atoms with Crippen LogP contribution in [0.25, 0.3) is 5.70 Å². The summed E-state index contributed by atoms with van der Waals surface area (Å²) in [7, 11) is 1.57. The number of benzene rings is 1. The van der Waals surface area contributed by atoms with Crippen LogP contribution in [0, 0.1) is 6.92 Å². The molecule has 1 aromatic carbocycles. The summed E-state index contributed by atoms with van der Waals surface area (Å²) >= 11 is 0. The highest BCUT2D eigenvalue weighted by Crippen LogP contribution is 2.20. The van der Waals surface area contributed by atoms with Gasteiger partial charge in [-0.25, -0.2) is 0 Å². The summed E-state index contributed by atoms with van der Waals surface area (Å²) in [4.78, 5) is 10.7. The SMILES string of the molecule is COc1ccc(C)c(C(N)=CC(N)=O)c1. The Morgan fingerprint density at radius 3 is 2.60 bits per heavy atom. The number of carbonyl (C=O) groups is 1. The first-order chi connectivity index (χ1) is 7.04. The van der Waals surface area contributed by atoms with Crippen molar-refractivity contribution >= 4 is 11.6 Å². The van der Waals surface area contributed by atoms with Gasteiger partial charge in [-0.15, -0.1) is 0 Å². The van der Waals surface area contributed by atoms with Crippen molar-refractivity contribution in [2.75, 3.05) is 7.11 Å². The highest BCUT2D eigenvalue weighted by molar-refractivity contribution is 5.93. The van der Waals surface area contributed by atoms with Crippen molar-refractivity contribution in [3.63, 3.8) is 0 Å². The molecule has 4 N–H and O–H groups in total. The number of hydrogen-bond acceptors (Lipinski definition) is 3. The van der Waals surface area contributed by atoms with Crippen LogP contribution in [0.5, 0.6) is 5.75 Å². The van der Waals surface area contributed by atoms with Crippen LogP contribution in [0.15, 0.2) is 24.3 Å². The number of hydrogen-bond donors (Lipinski definition) is 2. The van der Waals surface area contributed by atoms with E-state index in [0.717, 1.165) is 11.1 Å². The molecule has 4 heteroatoms. The van der Waals surface area contributed by atoms with Gasteiger partial charge in [-0.3, -0.25) is 4.79 Å². The fourth-order valence-electron chi connectivity index (χ4n) is 1.27. The van der Waals surface area contributed by atoms with Crippen LogP contribution in [-0.2, 0) is 4.79 Å². The fraction of sp³-hybridized carbons (Fsp3) is 0.182. The minimum absolute atomic E-state index is 0.346. The molecule has 0 unspecified atom stereocenters. The van der Waals surface area contributed by atoms with Gasteiger partial charge in [0.15, 0.2) is 0 Å². The molecule has 0 saturated heterocycles. The molecule has 80 valence electrons. The molecule has 0 aromatic heterocycles. The molecule has 0 heterocycles. The Morgan fingerprint density at radius 1 is 1.40 bits per heavy atom. The van der Waals surface area contributed by atoms with E-state index in [-0.39, 0.29) is 0 Å². The summed E-state index contributed by atoms with van der Waals surface area (Å²) in [5.41, 5.74) is 12.8. The second-order valence-corrected chi connectivity index (χ2v) is 3.18. The van der Waals surface area contributed by atoms with Gasteiger partial charge in [-0.1, -0.05) is 6.07 Å². The average molecular weight is 206 g/mol. The predicted molar refractivity (Wildman–Crippen MR) is 59.1 cm³/mol. The number of methoxy groups -OCH3 is 1. The van der Waals surface area contributed by atoms with Crippen LogP contribution in [0.2, 0.25) is 0 Å². The molecular formula is C11H14N2O2. The van der Waals surface area contributed by atoms with Gasteiger partial charge in [0.2, 0.25) is 5.91 Å². The highest BCUT2D eigenvalue weighted by atomic mass is 16.5. The minimum atomic E-state index is -0.560. The molecule has 0 fully saturated rings. The Labute approximate surface area is 88.5 Å². The van der Waals surface area contributed by atoms with Crippen LogP contribution < -0.4 is 16.2 Å². The summed E-state index contributed by atoms with van der Waals surface area (Å²) in [6, 6.07) is 5.47. The van der Waals surface area contributed by atoms with Crippen LogP contribution in [0.4, 0.5) is 0 Å². The molecule has 0 radical (unpaired) electrons. The summed E-state index contributed by atoms with van der Waals surface area (Å²) < 4.78 is 5.07. The number of ether oxygens (including phenoxy) is 1. The summed E-state index contributed by atoms with van der Waals surface area (Å²) in [5.74, 6) is 0.131. The molecule has 0 saturated carbocycles. The first-order valence-electron chi connectivity index (χ1n) is 4.46. The summed E-state index contributed by atoms with van der Waals surface area (Å²) in [6.45, 7) is 1.90. The molecule has 0 bridgehead atoms. The molecule has 1 aromatic rings. The molecule has 0 spiro atoms. The van der Waals surface area contributed by atoms with Crippen molar-refractivity contribution in [1.29, 1.82) is 0 Å². The van der Waals surface area contributed by atoms with E-state index in [0.29, 0.717) is 11.4 Å². The van der Waals surface area contributed by atoms with Crippen LogP contribution in [0.3, 0.4) is 0 Å². The van der Waals surface area contributed by atoms with Gasteiger partial charge in [-0.2, -0.15) is 0 Å². The lowest BCUT2D eigenvalue weighted by atomic mass is 10.1. The molecule has 1 rings (SSSR count). The van der Waals surface area contributed by atoms with Crippen molar-refractivity contribution in [1.82, 2.24) is 0 Å². The molecule has 1 amide bonds. The zero-order valence-corrected chi connectivity index (χ0v) is 8.78. The lowest BCUT2D eigenvalue weighted by Gasteiger charge is -2.08. The van der Waals surface area contributed by atoms with E-state index in [4.69, 9.17) is 16.2 Å². The van der Waals surface area contributed by atoms with Gasteiger partial charge in [0.05, 0.1) is 7.11 Å². The van der Waals surface area contributed by atoms with Crippen molar-refractivity contribution in [3.8, 4) is 5.75 Å². The van der Waals surface area contributed by atoms with E-state index in [9.17, 15) is 4.79 Å². The maximum Gasteiger partial charge on any atom is 0.243 e. The van der Waals surface area contributed by atoms with Crippen molar-refractivity contribution in [3.05, 3.63) is 35.4 Å². The first kappa shape index (κ1) is 11.1. The number of primary amides is 1. The van der Waals surface area contributed by atoms with Crippen LogP contribution in [0.1, 0.15) is 11.1 Å². The largest absolute Gasteiger partial charge is 0.497 e. The maximum atomic E-state index is 10.7. The van der Waals surface area contributed by atoms with Gasteiger partial charge >= 0.3 is 0 Å². The molecule has 0 aliphatic rings. The Bertz CT molecular complexity index is 411. The van der Waals surface area contributed by atoms with E-state index in [1.54, 1.807) is 13.2 Å². The predicted octanol–water partition coefficient (Wildman–Crippen LogP) is 0.789. The standard InChI is InChI=1S/C11H14N2O2/c1-7-3-4-8(15-2)5-9(7)10(12)6-11(13)14/h3-6H,12H2,1-2H3,(H2,13,14). The third-order valence-electron chi connectivity index (χ3n) is 2.05. The Balaban J connectivity index is 3.17. The zero-order valence-electron chi connectivity index (χ0n) is 8.78. The van der Waals surface area contributed by atoms with E-state index in [1.807, 2.05) is 19.1 Å². The van der Waals surface area contributed by atoms with Crippen molar-refractivity contribution in [2.24, 2.45) is 11.5 Å². The lowest BCUT2D eigenvalue weighted by molar-refractivity contribution is -0.113. The average Bonchev–Trinajstić information content (AvgIpc) is 2.17. The Morgan fingerprint density at radius 2 is 2.07 bits per heavy atom. The van der Waals surface area contributed by atoms with Gasteiger partial charge < -0.3 is 16.2 Å². The van der Waals surface area contributed by atoms with E-state index in [1.165, 1.54) is 6.08 Å². The Kier molecular flexibility index (Phi) is 3.33. The van der Waals surface area contributed by atoms with E-state index in [2.05, 4.69) is 0 Å². The number of amides is 1. The smallest absolute Gasteiger partial charge is 0.243 e. The van der Waals surface area contributed by atoms with E-state index >= 15 is 0 Å². The number of rotatable bonds is 3. The van der Waals surface area contributed by atoms with Crippen molar-refractivity contribution in [2.45, 2.75) is 6.92 Å². The first-order valence-corrected chi connectivity index (χ1v) is 4.46. The van der Waals surface area contributed by atoms with Crippen LogP contribution in [-0.4, -0.2) is 13.0 Å². The van der Waals surface area contributed by atoms with E-state index < -0.39 is 5.91 Å². The lowest BCUT2D eigenvalue weighted by Crippen LogP contribution is -2.10. The maximum absolute atomic E-state index is 10.7. The second kappa shape index (κ2) is 4.50. The Hall–Kier alpha value is -1.97. The molecule has 0 aliphatic heterocycles. The minimum Gasteiger partial charge on any atom is -0.497 e. The third kappa shape index (κ3) is 2.74. The third-order valence-corrected chi connectivity index (χ3v) is 2.05. The fourth-order valence-corrected chi connectivity index (χ4v) is 1.27. The quantitative estimate of drug-likeness (QED) is 0.717. The molecule has 0 atom stereocenters. The molecular weight excluding hydrogens is 192 g/mol.